The zero-order chi connectivity index (χ0) is 15.1. The van der Waals surface area contributed by atoms with Crippen LogP contribution in [-0.4, -0.2) is 50.2 Å². The molecule has 1 aromatic rings. The zero-order valence-electron chi connectivity index (χ0n) is 11.5. The molecule has 0 radical (unpaired) electrons. The van der Waals surface area contributed by atoms with Crippen molar-refractivity contribution in [2.45, 2.75) is 23.1 Å². The average Bonchev–Trinajstić information content (AvgIpc) is 2.90. The van der Waals surface area contributed by atoms with Gasteiger partial charge in [0, 0.05) is 0 Å². The van der Waals surface area contributed by atoms with Crippen LogP contribution >= 0.6 is 0 Å². The summed E-state index contributed by atoms with van der Waals surface area (Å²) in [5.41, 5.74) is 2.28. The first-order chi connectivity index (χ1) is 9.99. The minimum atomic E-state index is -2.15. The van der Waals surface area contributed by atoms with Crippen LogP contribution in [0.2, 0.25) is 3.67 Å². The number of Topliss-reactive ketones (excluding diaryl/α,β-unsaturated/α-hetero) is 1. The molecule has 0 saturated carbocycles. The van der Waals surface area contributed by atoms with E-state index in [1.165, 1.54) is 15.8 Å². The van der Waals surface area contributed by atoms with Gasteiger partial charge in [-0.05, 0) is 0 Å². The quantitative estimate of drug-likeness (QED) is 0.711. The van der Waals surface area contributed by atoms with Crippen molar-refractivity contribution in [3.05, 3.63) is 33.7 Å². The zero-order valence-corrected chi connectivity index (χ0v) is 14.8. The Morgan fingerprint density at radius 2 is 2.05 bits per heavy atom. The number of aliphatic carboxylic acids is 1. The first-order valence-corrected chi connectivity index (χ1v) is 12.3. The molecule has 1 amide bonds. The number of nitrogens with one attached hydrogen (secondary N) is 1. The Hall–Kier alpha value is -1.56. The van der Waals surface area contributed by atoms with Gasteiger partial charge in [-0.1, -0.05) is 0 Å². The van der Waals surface area contributed by atoms with E-state index in [4.69, 9.17) is 5.11 Å². The van der Waals surface area contributed by atoms with E-state index in [0.29, 0.717) is 0 Å². The fraction of sp³-hybridized carbons (Fsp3) is 0.267. The molecule has 0 fully saturated rings. The van der Waals surface area contributed by atoms with Crippen LogP contribution in [0.4, 0.5) is 0 Å². The van der Waals surface area contributed by atoms with E-state index in [9.17, 15) is 14.4 Å². The standard InChI is InChI=1S/C15H14NO4.In/c1-10(12-6-4-3-5-7-12)8-13(17)9-14(18)16-11(2)15(19)20;/h1,3-6,8,11H,9H2,2H3,(H,16,18)(H,19,20);/t11-;/m0./s1. The molecule has 6 heteroatoms. The summed E-state index contributed by atoms with van der Waals surface area (Å²) >= 11 is -2.15. The Balaban J connectivity index is 1.64. The molecule has 5 nitrogen and oxygen atoms in total. The minimum absolute atomic E-state index is 0.0323. The number of carbonyl (C=O) groups is 3. The number of carboxylic acid groups (broad SMARTS) is 1. The van der Waals surface area contributed by atoms with Crippen LogP contribution in [-0.2, 0) is 14.4 Å². The van der Waals surface area contributed by atoms with Crippen molar-refractivity contribution in [2.75, 3.05) is 0 Å². The number of carboxylic acids is 1. The number of allylic oxidation sites excluding steroid dienone is 1. The fourth-order valence-electron chi connectivity index (χ4n) is 3.04. The molecule has 1 unspecified atom stereocenters. The first kappa shape index (κ1) is 14.4. The van der Waals surface area contributed by atoms with Gasteiger partial charge in [-0.2, -0.15) is 0 Å². The van der Waals surface area contributed by atoms with Gasteiger partial charge in [0.25, 0.3) is 0 Å². The van der Waals surface area contributed by atoms with Gasteiger partial charge in [-0.25, -0.2) is 0 Å². The molecule has 4 rings (SSSR count). The van der Waals surface area contributed by atoms with Gasteiger partial charge in [-0.3, -0.25) is 0 Å². The monoisotopic (exact) mass is 387 g/mol. The normalized spacial score (nSPS) is 19.2. The molecule has 2 N–H and O–H groups in total. The molecular formula is C15H14InNO4. The average molecular weight is 387 g/mol. The van der Waals surface area contributed by atoms with Gasteiger partial charge < -0.3 is 0 Å². The van der Waals surface area contributed by atoms with E-state index in [2.05, 4.69) is 15.2 Å². The van der Waals surface area contributed by atoms with Crippen LogP contribution in [0.25, 0.3) is 5.57 Å². The van der Waals surface area contributed by atoms with E-state index in [-0.39, 0.29) is 15.9 Å². The van der Waals surface area contributed by atoms with Crippen molar-refractivity contribution in [3.63, 3.8) is 0 Å². The molecule has 3 aliphatic heterocycles. The summed E-state index contributed by atoms with van der Waals surface area (Å²) in [5, 5.41) is 11.1. The summed E-state index contributed by atoms with van der Waals surface area (Å²) < 4.78 is 3.59. The fourth-order valence-corrected chi connectivity index (χ4v) is 12.5. The number of hydrogen-bond acceptors (Lipinski definition) is 3. The Morgan fingerprint density at radius 3 is 2.71 bits per heavy atom. The van der Waals surface area contributed by atoms with Gasteiger partial charge in [0.05, 0.1) is 0 Å². The van der Waals surface area contributed by atoms with Crippen molar-refractivity contribution in [3.8, 4) is 0 Å². The number of carbonyl (C=O) groups excluding carboxylic acids is 2. The Bertz CT molecular complexity index is 682. The number of benzene rings is 1. The Labute approximate surface area is 129 Å². The Kier molecular flexibility index (Phi) is 3.65. The van der Waals surface area contributed by atoms with E-state index < -0.39 is 39.4 Å². The van der Waals surface area contributed by atoms with Crippen molar-refractivity contribution in [1.82, 2.24) is 5.32 Å². The molecule has 0 spiro atoms. The number of hydrogen-bond donors (Lipinski definition) is 2. The van der Waals surface area contributed by atoms with Gasteiger partial charge in [0.2, 0.25) is 0 Å². The maximum absolute atomic E-state index is 12.3. The second-order valence-corrected chi connectivity index (χ2v) is 13.1. The van der Waals surface area contributed by atoms with Crippen molar-refractivity contribution >= 4 is 48.0 Å². The van der Waals surface area contributed by atoms with E-state index in [0.717, 1.165) is 5.57 Å². The Morgan fingerprint density at radius 1 is 1.33 bits per heavy atom. The second kappa shape index (κ2) is 5.33. The number of rotatable bonds is 5. The van der Waals surface area contributed by atoms with Gasteiger partial charge in [-0.15, -0.1) is 0 Å². The number of amides is 1. The summed E-state index contributed by atoms with van der Waals surface area (Å²) in [5.74, 6) is -1.66. The molecule has 2 atom stereocenters. The third-order valence-electron chi connectivity index (χ3n) is 4.11. The third kappa shape index (κ3) is 2.41. The van der Waals surface area contributed by atoms with E-state index in [1.54, 1.807) is 0 Å². The second-order valence-electron chi connectivity index (χ2n) is 5.48. The van der Waals surface area contributed by atoms with Crippen LogP contribution in [0.3, 0.4) is 0 Å². The van der Waals surface area contributed by atoms with Crippen LogP contribution in [0, 0.1) is 0 Å². The molecule has 0 aromatic heterocycles. The summed E-state index contributed by atoms with van der Waals surface area (Å²) in [4.78, 5) is 34.7. The van der Waals surface area contributed by atoms with Crippen molar-refractivity contribution in [2.24, 2.45) is 0 Å². The molecular weight excluding hydrogens is 373 g/mol. The SMILES string of the molecule is C[C@H](NC(=O)CC(=O)[CH]1C2=[CH][In]1[c]1ccccc12)C(=O)O. The first-order valence-electron chi connectivity index (χ1n) is 6.85. The van der Waals surface area contributed by atoms with Crippen LogP contribution in [0.15, 0.2) is 28.1 Å². The number of ketones is 1. The molecule has 2 bridgehead atoms. The molecule has 3 aliphatic rings. The predicted octanol–water partition coefficient (Wildman–Crippen LogP) is 0.257. The summed E-state index contributed by atoms with van der Waals surface area (Å²) in [7, 11) is 0. The van der Waals surface area contributed by atoms with E-state index in [1.807, 2.05) is 18.2 Å². The van der Waals surface area contributed by atoms with Crippen molar-refractivity contribution in [1.29, 1.82) is 0 Å². The summed E-state index contributed by atoms with van der Waals surface area (Å²) in [6, 6.07) is 7.13. The van der Waals surface area contributed by atoms with Gasteiger partial charge >= 0.3 is 130 Å². The molecule has 3 heterocycles. The van der Waals surface area contributed by atoms with Crippen LogP contribution in [0.1, 0.15) is 18.9 Å². The van der Waals surface area contributed by atoms with Crippen molar-refractivity contribution < 1.29 is 19.5 Å². The molecule has 1 aromatic carbocycles. The summed E-state index contributed by atoms with van der Waals surface area (Å²) in [6.45, 7) is 1.38. The van der Waals surface area contributed by atoms with Crippen LogP contribution < -0.4 is 8.64 Å². The molecule has 0 aliphatic carbocycles. The predicted molar refractivity (Wildman–Crippen MR) is 78.4 cm³/mol. The molecule has 106 valence electrons. The summed E-state index contributed by atoms with van der Waals surface area (Å²) in [6.07, 6.45) is -0.221. The van der Waals surface area contributed by atoms with Crippen LogP contribution in [0.5, 0.6) is 0 Å². The van der Waals surface area contributed by atoms with E-state index >= 15 is 0 Å². The molecule has 21 heavy (non-hydrogen) atoms. The van der Waals surface area contributed by atoms with Gasteiger partial charge in [0.1, 0.15) is 0 Å². The topological polar surface area (TPSA) is 83.5 Å². The molecule has 0 saturated heterocycles. The van der Waals surface area contributed by atoms with Gasteiger partial charge in [0.15, 0.2) is 0 Å². The third-order valence-corrected chi connectivity index (χ3v) is 13.8. The maximum atomic E-state index is 12.3.